The summed E-state index contributed by atoms with van der Waals surface area (Å²) in [6, 6.07) is 3.65. The third-order valence-corrected chi connectivity index (χ3v) is 3.33. The van der Waals surface area contributed by atoms with Crippen LogP contribution >= 0.6 is 0 Å². The third kappa shape index (κ3) is 2.85. The number of hydrogen-bond acceptors (Lipinski definition) is 6. The number of aliphatic hydroxyl groups is 1. The van der Waals surface area contributed by atoms with Crippen molar-refractivity contribution in [2.24, 2.45) is 0 Å². The van der Waals surface area contributed by atoms with Crippen LogP contribution in [0.1, 0.15) is 19.0 Å². The summed E-state index contributed by atoms with van der Waals surface area (Å²) in [5, 5.41) is 17.6. The Hall–Kier alpha value is -2.28. The lowest BCUT2D eigenvalue weighted by molar-refractivity contribution is 0.277. The highest BCUT2D eigenvalue weighted by atomic mass is 16.5. The molecular formula is C15H21N3O4. The van der Waals surface area contributed by atoms with Gasteiger partial charge < -0.3 is 19.3 Å². The second-order valence-corrected chi connectivity index (χ2v) is 4.68. The SMILES string of the molecule is CCCn1nnc(CO)c1-c1cc(OC)c(OC)c(OC)c1. The van der Waals surface area contributed by atoms with Crippen molar-refractivity contribution in [3.8, 4) is 28.5 Å². The molecule has 1 aromatic heterocycles. The topological polar surface area (TPSA) is 78.6 Å². The van der Waals surface area contributed by atoms with E-state index >= 15 is 0 Å². The van der Waals surface area contributed by atoms with Crippen molar-refractivity contribution in [1.82, 2.24) is 15.0 Å². The number of hydrogen-bond donors (Lipinski definition) is 1. The Kier molecular flexibility index (Phi) is 5.21. The van der Waals surface area contributed by atoms with Gasteiger partial charge in [-0.2, -0.15) is 0 Å². The maximum atomic E-state index is 9.51. The molecule has 1 heterocycles. The van der Waals surface area contributed by atoms with E-state index in [-0.39, 0.29) is 6.61 Å². The van der Waals surface area contributed by atoms with E-state index in [1.54, 1.807) is 26.0 Å². The number of nitrogens with zero attached hydrogens (tertiary/aromatic N) is 3. The number of methoxy groups -OCH3 is 3. The molecule has 7 nitrogen and oxygen atoms in total. The minimum atomic E-state index is -0.185. The summed E-state index contributed by atoms with van der Waals surface area (Å²) < 4.78 is 17.8. The maximum Gasteiger partial charge on any atom is 0.203 e. The van der Waals surface area contributed by atoms with E-state index in [1.165, 1.54) is 0 Å². The molecule has 0 spiro atoms. The predicted octanol–water partition coefficient (Wildman–Crippen LogP) is 1.87. The van der Waals surface area contributed by atoms with Crippen LogP contribution < -0.4 is 14.2 Å². The van der Waals surface area contributed by atoms with Gasteiger partial charge in [0.25, 0.3) is 0 Å². The van der Waals surface area contributed by atoms with Crippen LogP contribution in [-0.2, 0) is 13.2 Å². The van der Waals surface area contributed by atoms with Gasteiger partial charge in [-0.25, -0.2) is 4.68 Å². The van der Waals surface area contributed by atoms with Crippen molar-refractivity contribution in [3.05, 3.63) is 17.8 Å². The van der Waals surface area contributed by atoms with E-state index in [4.69, 9.17) is 14.2 Å². The monoisotopic (exact) mass is 307 g/mol. The lowest BCUT2D eigenvalue weighted by atomic mass is 10.1. The zero-order valence-electron chi connectivity index (χ0n) is 13.3. The summed E-state index contributed by atoms with van der Waals surface area (Å²) >= 11 is 0. The van der Waals surface area contributed by atoms with E-state index in [9.17, 15) is 5.11 Å². The van der Waals surface area contributed by atoms with Gasteiger partial charge in [0.2, 0.25) is 5.75 Å². The van der Waals surface area contributed by atoms with Crippen molar-refractivity contribution in [3.63, 3.8) is 0 Å². The molecular weight excluding hydrogens is 286 g/mol. The third-order valence-electron chi connectivity index (χ3n) is 3.33. The first-order valence-electron chi connectivity index (χ1n) is 7.03. The van der Waals surface area contributed by atoms with Gasteiger partial charge in [-0.15, -0.1) is 5.10 Å². The maximum absolute atomic E-state index is 9.51. The number of ether oxygens (including phenoxy) is 3. The molecule has 0 bridgehead atoms. The fourth-order valence-corrected chi connectivity index (χ4v) is 2.36. The fourth-order valence-electron chi connectivity index (χ4n) is 2.36. The number of aryl methyl sites for hydroxylation is 1. The van der Waals surface area contributed by atoms with Gasteiger partial charge in [0.15, 0.2) is 11.5 Å². The summed E-state index contributed by atoms with van der Waals surface area (Å²) in [7, 11) is 4.69. The average Bonchev–Trinajstić information content (AvgIpc) is 2.96. The van der Waals surface area contributed by atoms with Crippen LogP contribution in [0.4, 0.5) is 0 Å². The Bertz CT molecular complexity index is 615. The van der Waals surface area contributed by atoms with Gasteiger partial charge in [0.05, 0.1) is 33.6 Å². The highest BCUT2D eigenvalue weighted by Crippen LogP contribution is 2.41. The van der Waals surface area contributed by atoms with E-state index in [0.717, 1.165) is 17.7 Å². The molecule has 0 saturated carbocycles. The van der Waals surface area contributed by atoms with Crippen molar-refractivity contribution in [2.75, 3.05) is 21.3 Å². The molecule has 7 heteroatoms. The van der Waals surface area contributed by atoms with Crippen LogP contribution in [-0.4, -0.2) is 41.4 Å². The first-order chi connectivity index (χ1) is 10.7. The summed E-state index contributed by atoms with van der Waals surface area (Å²) in [5.74, 6) is 1.61. The molecule has 2 aromatic rings. The number of rotatable bonds is 7. The smallest absolute Gasteiger partial charge is 0.203 e. The lowest BCUT2D eigenvalue weighted by Crippen LogP contribution is -2.03. The molecule has 0 atom stereocenters. The molecule has 0 radical (unpaired) electrons. The minimum Gasteiger partial charge on any atom is -0.493 e. The van der Waals surface area contributed by atoms with Crippen LogP contribution in [0.15, 0.2) is 12.1 Å². The Morgan fingerprint density at radius 1 is 1.09 bits per heavy atom. The van der Waals surface area contributed by atoms with E-state index in [1.807, 2.05) is 12.1 Å². The largest absolute Gasteiger partial charge is 0.493 e. The van der Waals surface area contributed by atoms with Crippen molar-refractivity contribution >= 4 is 0 Å². The van der Waals surface area contributed by atoms with Crippen molar-refractivity contribution < 1.29 is 19.3 Å². The van der Waals surface area contributed by atoms with Crippen LogP contribution in [0, 0.1) is 0 Å². The summed E-state index contributed by atoms with van der Waals surface area (Å²) in [4.78, 5) is 0. The lowest BCUT2D eigenvalue weighted by Gasteiger charge is -2.15. The zero-order chi connectivity index (χ0) is 16.1. The first kappa shape index (κ1) is 16.1. The summed E-state index contributed by atoms with van der Waals surface area (Å²) in [5.41, 5.74) is 2.07. The normalized spacial score (nSPS) is 10.6. The minimum absolute atomic E-state index is 0.185. The molecule has 1 aromatic carbocycles. The average molecular weight is 307 g/mol. The van der Waals surface area contributed by atoms with Gasteiger partial charge in [-0.05, 0) is 18.6 Å². The van der Waals surface area contributed by atoms with E-state index < -0.39 is 0 Å². The predicted molar refractivity (Wildman–Crippen MR) is 81.3 cm³/mol. The molecule has 0 aliphatic carbocycles. The van der Waals surface area contributed by atoms with Crippen molar-refractivity contribution in [1.29, 1.82) is 0 Å². The number of benzene rings is 1. The van der Waals surface area contributed by atoms with E-state index in [2.05, 4.69) is 17.2 Å². The molecule has 2 rings (SSSR count). The second kappa shape index (κ2) is 7.13. The van der Waals surface area contributed by atoms with E-state index in [0.29, 0.717) is 29.5 Å². The van der Waals surface area contributed by atoms with Gasteiger partial charge in [-0.3, -0.25) is 0 Å². The first-order valence-corrected chi connectivity index (χ1v) is 7.03. The quantitative estimate of drug-likeness (QED) is 0.841. The summed E-state index contributed by atoms with van der Waals surface area (Å²) in [6.45, 7) is 2.58. The second-order valence-electron chi connectivity index (χ2n) is 4.68. The Morgan fingerprint density at radius 3 is 2.18 bits per heavy atom. The molecule has 0 aliphatic rings. The standard InChI is InChI=1S/C15H21N3O4/c1-5-6-18-14(11(9-19)16-17-18)10-7-12(20-2)15(22-4)13(8-10)21-3/h7-8,19H,5-6,9H2,1-4H3. The molecule has 1 N–H and O–H groups in total. The van der Waals surface area contributed by atoms with Gasteiger partial charge in [0.1, 0.15) is 5.69 Å². The molecule has 0 unspecified atom stereocenters. The number of aliphatic hydroxyl groups excluding tert-OH is 1. The van der Waals surface area contributed by atoms with Crippen LogP contribution in [0.3, 0.4) is 0 Å². The van der Waals surface area contributed by atoms with Crippen LogP contribution in [0.2, 0.25) is 0 Å². The molecule has 0 fully saturated rings. The molecule has 120 valence electrons. The van der Waals surface area contributed by atoms with Gasteiger partial charge >= 0.3 is 0 Å². The Balaban J connectivity index is 2.64. The highest BCUT2D eigenvalue weighted by Gasteiger charge is 2.19. The van der Waals surface area contributed by atoms with Crippen LogP contribution in [0.25, 0.3) is 11.3 Å². The highest BCUT2D eigenvalue weighted by molar-refractivity contribution is 5.70. The van der Waals surface area contributed by atoms with Crippen molar-refractivity contribution in [2.45, 2.75) is 26.5 Å². The zero-order valence-corrected chi connectivity index (χ0v) is 13.3. The summed E-state index contributed by atoms with van der Waals surface area (Å²) in [6.07, 6.45) is 0.908. The van der Waals surface area contributed by atoms with Gasteiger partial charge in [-0.1, -0.05) is 12.1 Å². The molecule has 0 amide bonds. The fraction of sp³-hybridized carbons (Fsp3) is 0.467. The molecule has 22 heavy (non-hydrogen) atoms. The number of aromatic nitrogens is 3. The molecule has 0 saturated heterocycles. The van der Waals surface area contributed by atoms with Crippen LogP contribution in [0.5, 0.6) is 17.2 Å². The molecule has 0 aliphatic heterocycles. The Labute approximate surface area is 129 Å². The Morgan fingerprint density at radius 2 is 1.73 bits per heavy atom. The van der Waals surface area contributed by atoms with Gasteiger partial charge in [0, 0.05) is 12.1 Å².